The average molecular weight is 355 g/mol. The molecule has 6 heteroatoms. The summed E-state index contributed by atoms with van der Waals surface area (Å²) in [5.41, 5.74) is 3.11. The molecule has 3 aromatic rings. The van der Waals surface area contributed by atoms with Crippen LogP contribution in [0.2, 0.25) is 0 Å². The number of nitrogens with zero attached hydrogens (tertiary/aromatic N) is 3. The molecule has 0 atom stereocenters. The van der Waals surface area contributed by atoms with Gasteiger partial charge >= 0.3 is 0 Å². The molecule has 0 aliphatic heterocycles. The Kier molecular flexibility index (Phi) is 5.03. The van der Waals surface area contributed by atoms with Crippen molar-refractivity contribution in [1.29, 1.82) is 0 Å². The van der Waals surface area contributed by atoms with E-state index in [1.807, 2.05) is 67.6 Å². The van der Waals surface area contributed by atoms with Crippen molar-refractivity contribution in [2.45, 2.75) is 6.92 Å². The molecule has 3 rings (SSSR count). The fraction of sp³-hybridized carbons (Fsp3) is 0.0556. The number of benzene rings is 2. The van der Waals surface area contributed by atoms with Gasteiger partial charge in [0, 0.05) is 5.56 Å². The predicted octanol–water partition coefficient (Wildman–Crippen LogP) is 5.03. The van der Waals surface area contributed by atoms with Crippen LogP contribution in [-0.4, -0.2) is 21.1 Å². The molecule has 0 bridgehead atoms. The topological polar surface area (TPSA) is 46.0 Å². The summed E-state index contributed by atoms with van der Waals surface area (Å²) < 4.78 is 1.97. The van der Waals surface area contributed by atoms with E-state index in [2.05, 4.69) is 15.3 Å². The van der Waals surface area contributed by atoms with Crippen molar-refractivity contribution in [2.24, 2.45) is 5.10 Å². The molecule has 0 aliphatic carbocycles. The van der Waals surface area contributed by atoms with E-state index in [0.717, 1.165) is 11.1 Å². The molecular weight excluding hydrogens is 340 g/mol. The summed E-state index contributed by atoms with van der Waals surface area (Å²) >= 11 is 11.5. The number of aryl methyl sites for hydroxylation is 1. The third kappa shape index (κ3) is 3.88. The van der Waals surface area contributed by atoms with E-state index >= 15 is 0 Å². The first kappa shape index (κ1) is 16.4. The van der Waals surface area contributed by atoms with Crippen molar-refractivity contribution in [2.75, 3.05) is 0 Å². The average Bonchev–Trinajstić information content (AvgIpc) is 2.95. The zero-order chi connectivity index (χ0) is 16.9. The van der Waals surface area contributed by atoms with Gasteiger partial charge in [0.1, 0.15) is 0 Å². The number of H-pyrrole nitrogens is 1. The summed E-state index contributed by atoms with van der Waals surface area (Å²) in [5, 5.41) is 11.9. The van der Waals surface area contributed by atoms with E-state index in [9.17, 15) is 0 Å². The maximum Gasteiger partial charge on any atom is 0.216 e. The fourth-order valence-electron chi connectivity index (χ4n) is 2.15. The predicted molar refractivity (Wildman–Crippen MR) is 102 cm³/mol. The molecule has 2 aromatic carbocycles. The SMILES string of the molecule is Cc1ccc(-c2n[nH]c(=S)n2N=C/C(Cl)=C/c2ccccc2)cc1. The van der Waals surface area contributed by atoms with E-state index < -0.39 is 0 Å². The molecule has 1 N–H and O–H groups in total. The Morgan fingerprint density at radius 3 is 2.58 bits per heavy atom. The fourth-order valence-corrected chi connectivity index (χ4v) is 2.50. The van der Waals surface area contributed by atoms with Crippen molar-refractivity contribution in [1.82, 2.24) is 14.9 Å². The summed E-state index contributed by atoms with van der Waals surface area (Å²) in [7, 11) is 0. The standard InChI is InChI=1S/C18H15ClN4S/c1-13-7-9-15(10-8-13)17-21-22-18(24)23(17)20-12-16(19)11-14-5-3-2-4-6-14/h2-12H,1H3,(H,22,24)/b16-11-,20-12?. The van der Waals surface area contributed by atoms with E-state index in [-0.39, 0.29) is 0 Å². The second-order valence-corrected chi connectivity index (χ2v) is 6.04. The maximum atomic E-state index is 6.24. The van der Waals surface area contributed by atoms with Crippen LogP contribution in [0.15, 0.2) is 64.7 Å². The Balaban J connectivity index is 1.90. The quantitative estimate of drug-likeness (QED) is 0.527. The van der Waals surface area contributed by atoms with E-state index in [0.29, 0.717) is 15.6 Å². The summed E-state index contributed by atoms with van der Waals surface area (Å²) in [4.78, 5) is 0. The molecule has 24 heavy (non-hydrogen) atoms. The zero-order valence-corrected chi connectivity index (χ0v) is 14.6. The van der Waals surface area contributed by atoms with Crippen molar-refractivity contribution < 1.29 is 0 Å². The smallest absolute Gasteiger partial charge is 0.216 e. The van der Waals surface area contributed by atoms with Crippen LogP contribution in [0.25, 0.3) is 17.5 Å². The largest absolute Gasteiger partial charge is 0.250 e. The van der Waals surface area contributed by atoms with E-state index in [1.165, 1.54) is 5.56 Å². The van der Waals surface area contributed by atoms with Gasteiger partial charge in [-0.1, -0.05) is 71.8 Å². The van der Waals surface area contributed by atoms with Gasteiger partial charge in [0.05, 0.1) is 11.2 Å². The van der Waals surface area contributed by atoms with Gasteiger partial charge in [-0.3, -0.25) is 0 Å². The molecule has 0 saturated carbocycles. The lowest BCUT2D eigenvalue weighted by Crippen LogP contribution is -1.94. The van der Waals surface area contributed by atoms with Crippen LogP contribution in [0.1, 0.15) is 11.1 Å². The van der Waals surface area contributed by atoms with Crippen LogP contribution in [-0.2, 0) is 0 Å². The summed E-state index contributed by atoms with van der Waals surface area (Å²) in [6.07, 6.45) is 3.39. The molecule has 1 heterocycles. The molecule has 0 radical (unpaired) electrons. The van der Waals surface area contributed by atoms with E-state index in [4.69, 9.17) is 23.8 Å². The van der Waals surface area contributed by atoms with Gasteiger partial charge < -0.3 is 0 Å². The lowest BCUT2D eigenvalue weighted by atomic mass is 10.1. The molecule has 0 saturated heterocycles. The second-order valence-electron chi connectivity index (χ2n) is 5.21. The Morgan fingerprint density at radius 1 is 1.17 bits per heavy atom. The highest BCUT2D eigenvalue weighted by atomic mass is 35.5. The van der Waals surface area contributed by atoms with Gasteiger partial charge in [0.2, 0.25) is 4.77 Å². The van der Waals surface area contributed by atoms with Crippen LogP contribution < -0.4 is 0 Å². The van der Waals surface area contributed by atoms with Crippen molar-refractivity contribution >= 4 is 36.1 Å². The second kappa shape index (κ2) is 7.38. The molecular formula is C18H15ClN4S. The van der Waals surface area contributed by atoms with Crippen LogP contribution in [0.3, 0.4) is 0 Å². The van der Waals surface area contributed by atoms with Gasteiger partial charge in [0.25, 0.3) is 0 Å². The third-order valence-electron chi connectivity index (χ3n) is 3.36. The molecule has 0 spiro atoms. The molecule has 120 valence electrons. The molecule has 0 amide bonds. The van der Waals surface area contributed by atoms with Gasteiger partial charge in [-0.05, 0) is 30.8 Å². The zero-order valence-electron chi connectivity index (χ0n) is 13.0. The summed E-state index contributed by atoms with van der Waals surface area (Å²) in [5.74, 6) is 0.639. The van der Waals surface area contributed by atoms with Crippen LogP contribution >= 0.6 is 23.8 Å². The van der Waals surface area contributed by atoms with Gasteiger partial charge in [0.15, 0.2) is 5.82 Å². The Morgan fingerprint density at radius 2 is 1.88 bits per heavy atom. The van der Waals surface area contributed by atoms with Crippen LogP contribution in [0.4, 0.5) is 0 Å². The molecule has 0 aliphatic rings. The molecule has 1 aromatic heterocycles. The number of nitrogens with one attached hydrogen (secondary N) is 1. The summed E-state index contributed by atoms with van der Waals surface area (Å²) in [6, 6.07) is 17.8. The number of allylic oxidation sites excluding steroid dienone is 1. The highest BCUT2D eigenvalue weighted by Crippen LogP contribution is 2.18. The number of hydrogen-bond donors (Lipinski definition) is 1. The van der Waals surface area contributed by atoms with Gasteiger partial charge in [-0.2, -0.15) is 14.9 Å². The van der Waals surface area contributed by atoms with Crippen molar-refractivity contribution in [3.05, 3.63) is 75.5 Å². The van der Waals surface area contributed by atoms with Gasteiger partial charge in [-0.15, -0.1) is 0 Å². The third-order valence-corrected chi connectivity index (χ3v) is 3.83. The first-order valence-electron chi connectivity index (χ1n) is 7.34. The first-order valence-corrected chi connectivity index (χ1v) is 8.13. The minimum atomic E-state index is 0.408. The summed E-state index contributed by atoms with van der Waals surface area (Å²) in [6.45, 7) is 2.03. The molecule has 4 nitrogen and oxygen atoms in total. The minimum absolute atomic E-state index is 0.408. The lowest BCUT2D eigenvalue weighted by Gasteiger charge is -2.01. The number of rotatable bonds is 4. The lowest BCUT2D eigenvalue weighted by molar-refractivity contribution is 0.872. The van der Waals surface area contributed by atoms with Crippen LogP contribution in [0.5, 0.6) is 0 Å². The number of hydrogen-bond acceptors (Lipinski definition) is 3. The Labute approximate surface area is 150 Å². The van der Waals surface area contributed by atoms with Crippen molar-refractivity contribution in [3.8, 4) is 11.4 Å². The van der Waals surface area contributed by atoms with Crippen molar-refractivity contribution in [3.63, 3.8) is 0 Å². The highest BCUT2D eigenvalue weighted by molar-refractivity contribution is 7.71. The maximum absolute atomic E-state index is 6.24. The van der Waals surface area contributed by atoms with E-state index in [1.54, 1.807) is 10.9 Å². The molecule has 0 unspecified atom stereocenters. The molecule has 0 fully saturated rings. The first-order chi connectivity index (χ1) is 11.6. The Bertz CT molecular complexity index is 937. The van der Waals surface area contributed by atoms with Crippen LogP contribution in [0, 0.1) is 11.7 Å². The number of aromatic amines is 1. The minimum Gasteiger partial charge on any atom is -0.250 e. The highest BCUT2D eigenvalue weighted by Gasteiger charge is 2.07. The monoisotopic (exact) mass is 354 g/mol. The normalized spacial score (nSPS) is 12.0. The number of halogens is 1. The van der Waals surface area contributed by atoms with Gasteiger partial charge in [-0.25, -0.2) is 5.10 Å². The number of aromatic nitrogens is 3. The Hall–Kier alpha value is -2.50.